The van der Waals surface area contributed by atoms with E-state index in [0.717, 1.165) is 12.5 Å². The van der Waals surface area contributed by atoms with Crippen LogP contribution in [0.1, 0.15) is 25.3 Å². The monoisotopic (exact) mass is 327 g/mol. The third-order valence-corrected chi connectivity index (χ3v) is 3.51. The van der Waals surface area contributed by atoms with Gasteiger partial charge in [0.1, 0.15) is 11.6 Å². The highest BCUT2D eigenvalue weighted by Gasteiger charge is 2.37. The lowest BCUT2D eigenvalue weighted by Crippen LogP contribution is -2.19. The Morgan fingerprint density at radius 3 is 2.70 bits per heavy atom. The van der Waals surface area contributed by atoms with Crippen molar-refractivity contribution in [3.63, 3.8) is 0 Å². The van der Waals surface area contributed by atoms with Crippen LogP contribution >= 0.6 is 0 Å². The molecule has 1 aliphatic carbocycles. The molecule has 1 fully saturated rings. The summed E-state index contributed by atoms with van der Waals surface area (Å²) in [5.41, 5.74) is -0.298. The number of rotatable bonds is 6. The molecule has 124 valence electrons. The van der Waals surface area contributed by atoms with E-state index in [0.29, 0.717) is 19.1 Å². The quantitative estimate of drug-likeness (QED) is 0.496. The van der Waals surface area contributed by atoms with E-state index >= 15 is 0 Å². The molecule has 4 nitrogen and oxygen atoms in total. The Morgan fingerprint density at radius 1 is 1.35 bits per heavy atom. The minimum atomic E-state index is -1.37. The topological polar surface area (TPSA) is 55.4 Å². The van der Waals surface area contributed by atoms with E-state index in [1.165, 1.54) is 6.26 Å². The maximum Gasteiger partial charge on any atom is 0.231 e. The molecule has 1 saturated carbocycles. The zero-order chi connectivity index (χ0) is 17.1. The molecule has 0 radical (unpaired) electrons. The predicted molar refractivity (Wildman–Crippen MR) is 77.1 cm³/mol. The van der Waals surface area contributed by atoms with Crippen LogP contribution in [-0.2, 0) is 14.3 Å². The number of allylic oxidation sites excluding steroid dienone is 1. The number of nitrogens with one attached hydrogen (secondary N) is 1. The fourth-order valence-electron chi connectivity index (χ4n) is 2.07. The van der Waals surface area contributed by atoms with Gasteiger partial charge in [-0.25, -0.2) is 13.2 Å². The van der Waals surface area contributed by atoms with Gasteiger partial charge in [-0.1, -0.05) is 0 Å². The zero-order valence-electron chi connectivity index (χ0n) is 12.7. The van der Waals surface area contributed by atoms with Crippen molar-refractivity contribution in [1.82, 2.24) is 0 Å². The summed E-state index contributed by atoms with van der Waals surface area (Å²) in [5, 5.41) is 2.03. The fourth-order valence-corrected chi connectivity index (χ4v) is 2.07. The lowest BCUT2D eigenvalue weighted by Gasteiger charge is -2.08. The van der Waals surface area contributed by atoms with Crippen molar-refractivity contribution in [3.05, 3.63) is 40.9 Å². The van der Waals surface area contributed by atoms with Crippen LogP contribution in [-0.4, -0.2) is 18.3 Å². The number of carbonyl (C=O) groups is 2. The number of amides is 1. The molecule has 0 spiro atoms. The van der Waals surface area contributed by atoms with E-state index < -0.39 is 41.0 Å². The smallest absolute Gasteiger partial charge is 0.231 e. The molecule has 0 aliphatic heterocycles. The van der Waals surface area contributed by atoms with Gasteiger partial charge in [-0.3, -0.25) is 9.59 Å². The summed E-state index contributed by atoms with van der Waals surface area (Å²) in [6.45, 7) is 3.37. The fraction of sp³-hybridized carbons (Fsp3) is 0.375. The summed E-state index contributed by atoms with van der Waals surface area (Å²) in [7, 11) is 0. The number of halogens is 3. The number of Topliss-reactive ketones (excluding diaryl/α,β-unsaturated/α-hetero) is 1. The molecule has 1 unspecified atom stereocenters. The van der Waals surface area contributed by atoms with E-state index in [1.807, 2.05) is 5.32 Å². The molecule has 0 saturated heterocycles. The van der Waals surface area contributed by atoms with Crippen LogP contribution in [0.2, 0.25) is 0 Å². The highest BCUT2D eigenvalue weighted by atomic mass is 19.2. The van der Waals surface area contributed by atoms with Crippen LogP contribution in [0.15, 0.2) is 17.9 Å². The molecule has 1 amide bonds. The first-order valence-corrected chi connectivity index (χ1v) is 7.12. The molecular formula is C16H16F3NO3. The first kappa shape index (κ1) is 17.1. The van der Waals surface area contributed by atoms with Crippen molar-refractivity contribution in [1.29, 1.82) is 0 Å². The predicted octanol–water partition coefficient (Wildman–Crippen LogP) is 3.25. The summed E-state index contributed by atoms with van der Waals surface area (Å²) in [5.74, 6) is -5.23. The van der Waals surface area contributed by atoms with Gasteiger partial charge in [0.05, 0.1) is 25.0 Å². The van der Waals surface area contributed by atoms with Crippen molar-refractivity contribution in [2.75, 3.05) is 11.9 Å². The van der Waals surface area contributed by atoms with Crippen LogP contribution in [0.4, 0.5) is 18.9 Å². The normalized spacial score (nSPS) is 18.0. The second-order valence-electron chi connectivity index (χ2n) is 5.25. The maximum absolute atomic E-state index is 13.6. The molecule has 1 atom stereocenters. The van der Waals surface area contributed by atoms with Crippen LogP contribution in [0.3, 0.4) is 0 Å². The number of benzene rings is 1. The Hall–Kier alpha value is -2.31. The van der Waals surface area contributed by atoms with E-state index in [1.54, 1.807) is 6.92 Å². The van der Waals surface area contributed by atoms with Crippen LogP contribution in [0.5, 0.6) is 0 Å². The van der Waals surface area contributed by atoms with Crippen molar-refractivity contribution < 1.29 is 27.5 Å². The van der Waals surface area contributed by atoms with Crippen molar-refractivity contribution >= 4 is 17.4 Å². The molecular weight excluding hydrogens is 311 g/mol. The van der Waals surface area contributed by atoms with Gasteiger partial charge in [-0.2, -0.15) is 0 Å². The average molecular weight is 327 g/mol. The molecule has 7 heteroatoms. The first-order chi connectivity index (χ1) is 10.8. The van der Waals surface area contributed by atoms with Crippen molar-refractivity contribution in [2.24, 2.45) is 5.92 Å². The highest BCUT2D eigenvalue weighted by Crippen LogP contribution is 2.39. The second-order valence-corrected chi connectivity index (χ2v) is 5.25. The third-order valence-electron chi connectivity index (χ3n) is 3.51. The Kier molecular flexibility index (Phi) is 5.08. The summed E-state index contributed by atoms with van der Waals surface area (Å²) in [6, 6.07) is 0.688. The Labute approximate surface area is 131 Å². The summed E-state index contributed by atoms with van der Waals surface area (Å²) < 4.78 is 45.5. The van der Waals surface area contributed by atoms with Gasteiger partial charge in [0.15, 0.2) is 11.6 Å². The Balaban J connectivity index is 1.97. The van der Waals surface area contributed by atoms with Gasteiger partial charge in [-0.15, -0.1) is 0 Å². The standard InChI is InChI=1S/C16H16F3NO3/c1-3-23-7-9-4-10(9)13(21)6-14(22)20-12-5-11(17)8(2)15(18)16(12)19/h5,7,10H,3-4,6H2,1-2H3,(H,20,22). The lowest BCUT2D eigenvalue weighted by atomic mass is 10.1. The molecule has 0 aromatic heterocycles. The molecule has 1 N–H and O–H groups in total. The van der Waals surface area contributed by atoms with Crippen LogP contribution in [0, 0.1) is 30.3 Å². The molecule has 2 rings (SSSR count). The van der Waals surface area contributed by atoms with Crippen molar-refractivity contribution in [2.45, 2.75) is 26.7 Å². The van der Waals surface area contributed by atoms with E-state index in [9.17, 15) is 22.8 Å². The molecule has 1 aliphatic rings. The average Bonchev–Trinajstić information content (AvgIpc) is 3.28. The number of anilines is 1. The van der Waals surface area contributed by atoms with E-state index in [2.05, 4.69) is 0 Å². The van der Waals surface area contributed by atoms with Gasteiger partial charge < -0.3 is 10.1 Å². The number of hydrogen-bond acceptors (Lipinski definition) is 3. The van der Waals surface area contributed by atoms with Gasteiger partial charge >= 0.3 is 0 Å². The molecule has 0 bridgehead atoms. The summed E-state index contributed by atoms with van der Waals surface area (Å²) in [4.78, 5) is 23.6. The first-order valence-electron chi connectivity index (χ1n) is 7.12. The van der Waals surface area contributed by atoms with Crippen LogP contribution < -0.4 is 5.32 Å². The Morgan fingerprint density at radius 2 is 2.04 bits per heavy atom. The minimum absolute atomic E-state index is 0.345. The minimum Gasteiger partial charge on any atom is -0.502 e. The second kappa shape index (κ2) is 6.85. The number of ether oxygens (including phenoxy) is 1. The van der Waals surface area contributed by atoms with Gasteiger partial charge in [0.25, 0.3) is 0 Å². The third kappa shape index (κ3) is 3.91. The van der Waals surface area contributed by atoms with Crippen molar-refractivity contribution in [3.8, 4) is 0 Å². The SMILES string of the molecule is CCOC=C1CC1C(=O)CC(=O)Nc1cc(F)c(C)c(F)c1F. The Bertz CT molecular complexity index is 686. The van der Waals surface area contributed by atoms with Gasteiger partial charge in [0, 0.05) is 17.5 Å². The van der Waals surface area contributed by atoms with E-state index in [4.69, 9.17) is 4.74 Å². The zero-order valence-corrected chi connectivity index (χ0v) is 12.7. The molecule has 1 aromatic rings. The summed E-state index contributed by atoms with van der Waals surface area (Å²) in [6.07, 6.45) is 1.52. The molecule has 1 aromatic carbocycles. The van der Waals surface area contributed by atoms with Gasteiger partial charge in [-0.05, 0) is 25.8 Å². The van der Waals surface area contributed by atoms with Crippen LogP contribution in [0.25, 0.3) is 0 Å². The van der Waals surface area contributed by atoms with Gasteiger partial charge in [0.2, 0.25) is 5.91 Å². The number of hydrogen-bond donors (Lipinski definition) is 1. The largest absolute Gasteiger partial charge is 0.502 e. The lowest BCUT2D eigenvalue weighted by molar-refractivity contribution is -0.126. The number of ketones is 1. The molecule has 23 heavy (non-hydrogen) atoms. The molecule has 0 heterocycles. The highest BCUT2D eigenvalue weighted by molar-refractivity contribution is 6.07. The number of carbonyl (C=O) groups excluding carboxylic acids is 2. The summed E-state index contributed by atoms with van der Waals surface area (Å²) >= 11 is 0. The van der Waals surface area contributed by atoms with E-state index in [-0.39, 0.29) is 11.7 Å². The maximum atomic E-state index is 13.6.